The van der Waals surface area contributed by atoms with Gasteiger partial charge in [-0.15, -0.1) is 0 Å². The Morgan fingerprint density at radius 2 is 1.96 bits per heavy atom. The molecule has 2 aromatic heterocycles. The molecule has 0 saturated heterocycles. The van der Waals surface area contributed by atoms with Gasteiger partial charge in [-0.3, -0.25) is 4.68 Å². The first kappa shape index (κ1) is 14.2. The molecule has 23 heavy (non-hydrogen) atoms. The van der Waals surface area contributed by atoms with Gasteiger partial charge in [-0.05, 0) is 32.3 Å². The Hall–Kier alpha value is -2.40. The molecule has 0 unspecified atom stereocenters. The topological polar surface area (TPSA) is 37.2 Å². The summed E-state index contributed by atoms with van der Waals surface area (Å²) in [6.45, 7) is 3.65. The molecule has 1 aliphatic heterocycles. The molecule has 5 heteroatoms. The lowest BCUT2D eigenvalue weighted by Crippen LogP contribution is -2.35. The molecular weight excluding hydrogens is 286 g/mol. The molecule has 0 amide bonds. The second-order valence-corrected chi connectivity index (χ2v) is 6.36. The first-order valence-electron chi connectivity index (χ1n) is 8.00. The summed E-state index contributed by atoms with van der Waals surface area (Å²) in [6, 6.07) is 12.6. The minimum Gasteiger partial charge on any atom is -0.349 e. The van der Waals surface area contributed by atoms with Crippen LogP contribution in [-0.2, 0) is 19.6 Å². The maximum absolute atomic E-state index is 4.83. The number of para-hydroxylation sites is 1. The van der Waals surface area contributed by atoms with E-state index in [4.69, 9.17) is 4.98 Å². The summed E-state index contributed by atoms with van der Waals surface area (Å²) in [6.07, 6.45) is 2.01. The van der Waals surface area contributed by atoms with Gasteiger partial charge in [0.15, 0.2) is 0 Å². The van der Waals surface area contributed by atoms with E-state index in [0.717, 1.165) is 37.5 Å². The van der Waals surface area contributed by atoms with Crippen LogP contribution in [0.5, 0.6) is 0 Å². The first-order valence-corrected chi connectivity index (χ1v) is 8.00. The number of aromatic nitrogens is 3. The van der Waals surface area contributed by atoms with Crippen LogP contribution in [0.3, 0.4) is 0 Å². The lowest BCUT2D eigenvalue weighted by Gasteiger charge is -2.29. The van der Waals surface area contributed by atoms with Crippen LogP contribution in [0.4, 0.5) is 5.82 Å². The summed E-state index contributed by atoms with van der Waals surface area (Å²) in [4.78, 5) is 9.37. The summed E-state index contributed by atoms with van der Waals surface area (Å²) >= 11 is 0. The third-order valence-electron chi connectivity index (χ3n) is 4.35. The van der Waals surface area contributed by atoms with Crippen molar-refractivity contribution < 1.29 is 0 Å². The fraction of sp³-hybridized carbons (Fsp3) is 0.333. The number of hydrogen-bond donors (Lipinski definition) is 0. The van der Waals surface area contributed by atoms with Crippen molar-refractivity contribution in [1.29, 1.82) is 0 Å². The minimum atomic E-state index is 0.870. The van der Waals surface area contributed by atoms with Gasteiger partial charge in [0.05, 0.1) is 30.5 Å². The van der Waals surface area contributed by atoms with Crippen LogP contribution in [0.1, 0.15) is 11.3 Å². The number of benzene rings is 1. The first-order chi connectivity index (χ1) is 11.2. The quantitative estimate of drug-likeness (QED) is 0.745. The zero-order chi connectivity index (χ0) is 15.8. The molecule has 0 bridgehead atoms. The van der Waals surface area contributed by atoms with E-state index in [0.29, 0.717) is 0 Å². The third kappa shape index (κ3) is 2.68. The van der Waals surface area contributed by atoms with Crippen molar-refractivity contribution in [2.45, 2.75) is 19.6 Å². The average Bonchev–Trinajstić information content (AvgIpc) is 2.96. The molecule has 1 aromatic carbocycles. The Labute approximate surface area is 136 Å². The summed E-state index contributed by atoms with van der Waals surface area (Å²) in [7, 11) is 4.19. The fourth-order valence-electron chi connectivity index (χ4n) is 3.20. The van der Waals surface area contributed by atoms with Crippen molar-refractivity contribution in [3.63, 3.8) is 0 Å². The largest absolute Gasteiger partial charge is 0.349 e. The molecule has 0 saturated carbocycles. The van der Waals surface area contributed by atoms with E-state index < -0.39 is 0 Å². The van der Waals surface area contributed by atoms with Gasteiger partial charge in [0.25, 0.3) is 0 Å². The van der Waals surface area contributed by atoms with Crippen LogP contribution in [0, 0.1) is 0 Å². The van der Waals surface area contributed by atoms with Crippen LogP contribution in [0.2, 0.25) is 0 Å². The normalized spacial score (nSPS) is 14.5. The number of pyridine rings is 1. The Morgan fingerprint density at radius 3 is 2.83 bits per heavy atom. The van der Waals surface area contributed by atoms with Gasteiger partial charge < -0.3 is 9.80 Å². The molecule has 0 fully saturated rings. The van der Waals surface area contributed by atoms with Crippen molar-refractivity contribution >= 4 is 16.7 Å². The highest BCUT2D eigenvalue weighted by atomic mass is 15.3. The molecule has 4 rings (SSSR count). The van der Waals surface area contributed by atoms with Gasteiger partial charge in [-0.2, -0.15) is 5.10 Å². The molecule has 1 aliphatic rings. The lowest BCUT2D eigenvalue weighted by atomic mass is 10.2. The Morgan fingerprint density at radius 1 is 1.09 bits per heavy atom. The highest BCUT2D eigenvalue weighted by molar-refractivity contribution is 5.80. The standard InChI is InChI=1S/C18H21N5/c1-21(2)12-15-11-19-23-10-9-22(13-17(15)23)18-8-7-14-5-3-4-6-16(14)20-18/h3-8,11H,9-10,12-13H2,1-2H3. The van der Waals surface area contributed by atoms with E-state index in [1.54, 1.807) is 0 Å². The molecule has 3 heterocycles. The van der Waals surface area contributed by atoms with E-state index in [9.17, 15) is 0 Å². The van der Waals surface area contributed by atoms with Gasteiger partial charge in [-0.1, -0.05) is 18.2 Å². The van der Waals surface area contributed by atoms with Gasteiger partial charge >= 0.3 is 0 Å². The smallest absolute Gasteiger partial charge is 0.129 e. The van der Waals surface area contributed by atoms with Crippen molar-refractivity contribution in [2.24, 2.45) is 0 Å². The number of nitrogens with zero attached hydrogens (tertiary/aromatic N) is 5. The van der Waals surface area contributed by atoms with Gasteiger partial charge in [0.2, 0.25) is 0 Å². The summed E-state index contributed by atoms with van der Waals surface area (Å²) in [5, 5.41) is 5.72. The zero-order valence-electron chi connectivity index (χ0n) is 13.6. The van der Waals surface area contributed by atoms with Crippen LogP contribution < -0.4 is 4.90 Å². The second kappa shape index (κ2) is 5.66. The van der Waals surface area contributed by atoms with E-state index in [2.05, 4.69) is 64.0 Å². The van der Waals surface area contributed by atoms with E-state index in [1.807, 2.05) is 12.3 Å². The SMILES string of the molecule is CN(C)Cc1cnn2c1CN(c1ccc3ccccc3n1)CC2. The Balaban J connectivity index is 1.64. The highest BCUT2D eigenvalue weighted by Gasteiger charge is 2.21. The lowest BCUT2D eigenvalue weighted by molar-refractivity contribution is 0.398. The second-order valence-electron chi connectivity index (χ2n) is 6.36. The van der Waals surface area contributed by atoms with Gasteiger partial charge in [0.1, 0.15) is 5.82 Å². The van der Waals surface area contributed by atoms with Crippen LogP contribution >= 0.6 is 0 Å². The average molecular weight is 307 g/mol. The number of hydrogen-bond acceptors (Lipinski definition) is 4. The predicted molar refractivity (Wildman–Crippen MR) is 92.4 cm³/mol. The molecule has 118 valence electrons. The molecular formula is C18H21N5. The summed E-state index contributed by atoms with van der Waals surface area (Å²) in [5.41, 5.74) is 3.66. The predicted octanol–water partition coefficient (Wildman–Crippen LogP) is 2.51. The maximum Gasteiger partial charge on any atom is 0.129 e. The number of anilines is 1. The Bertz CT molecular complexity index is 836. The summed E-state index contributed by atoms with van der Waals surface area (Å²) in [5.74, 6) is 1.05. The molecule has 0 spiro atoms. The fourth-order valence-corrected chi connectivity index (χ4v) is 3.20. The molecule has 3 aromatic rings. The highest BCUT2D eigenvalue weighted by Crippen LogP contribution is 2.24. The van der Waals surface area contributed by atoms with Crippen LogP contribution in [0.15, 0.2) is 42.6 Å². The number of rotatable bonds is 3. The molecule has 0 N–H and O–H groups in total. The molecule has 0 atom stereocenters. The molecule has 0 radical (unpaired) electrons. The Kier molecular flexibility index (Phi) is 3.50. The monoisotopic (exact) mass is 307 g/mol. The number of fused-ring (bicyclic) bond motifs is 2. The van der Waals surface area contributed by atoms with Gasteiger partial charge in [0, 0.05) is 24.0 Å². The van der Waals surface area contributed by atoms with Crippen molar-refractivity contribution in [3.05, 3.63) is 53.9 Å². The van der Waals surface area contributed by atoms with Crippen molar-refractivity contribution in [3.8, 4) is 0 Å². The maximum atomic E-state index is 4.83. The van der Waals surface area contributed by atoms with Crippen LogP contribution in [-0.4, -0.2) is 40.3 Å². The van der Waals surface area contributed by atoms with E-state index in [-0.39, 0.29) is 0 Å². The minimum absolute atomic E-state index is 0.870. The molecule has 5 nitrogen and oxygen atoms in total. The summed E-state index contributed by atoms with van der Waals surface area (Å²) < 4.78 is 2.14. The molecule has 0 aliphatic carbocycles. The third-order valence-corrected chi connectivity index (χ3v) is 4.35. The van der Waals surface area contributed by atoms with Crippen molar-refractivity contribution in [2.75, 3.05) is 25.5 Å². The zero-order valence-corrected chi connectivity index (χ0v) is 13.6. The van der Waals surface area contributed by atoms with E-state index in [1.165, 1.54) is 16.6 Å². The van der Waals surface area contributed by atoms with E-state index >= 15 is 0 Å². The van der Waals surface area contributed by atoms with Gasteiger partial charge in [-0.25, -0.2) is 4.98 Å². The van der Waals surface area contributed by atoms with Crippen LogP contribution in [0.25, 0.3) is 10.9 Å². The van der Waals surface area contributed by atoms with Crippen molar-refractivity contribution in [1.82, 2.24) is 19.7 Å².